The van der Waals surface area contributed by atoms with Crippen LogP contribution in [0.2, 0.25) is 0 Å². The fraction of sp³-hybridized carbons (Fsp3) is 0.200. The second kappa shape index (κ2) is 5.47. The maximum absolute atomic E-state index is 13.4. The van der Waals surface area contributed by atoms with Crippen LogP contribution in [0.3, 0.4) is 0 Å². The molecule has 0 amide bonds. The minimum Gasteiger partial charge on any atom is -0.485 e. The van der Waals surface area contributed by atoms with Crippen LogP contribution in [-0.4, -0.2) is 0 Å². The quantitative estimate of drug-likeness (QED) is 0.740. The van der Waals surface area contributed by atoms with E-state index in [0.717, 1.165) is 25.8 Å². The third-order valence-electron chi connectivity index (χ3n) is 3.42. The van der Waals surface area contributed by atoms with Gasteiger partial charge in [0, 0.05) is 32.5 Å². The molecule has 2 atom stereocenters. The number of fused-ring (bicyclic) bond motifs is 1. The van der Waals surface area contributed by atoms with Crippen molar-refractivity contribution >= 4 is 31.9 Å². The van der Waals surface area contributed by atoms with Crippen LogP contribution in [0, 0.1) is 5.82 Å². The Kier molecular flexibility index (Phi) is 3.84. The Bertz CT molecular complexity index is 662. The first kappa shape index (κ1) is 14.0. The first-order chi connectivity index (χ1) is 9.54. The molecule has 0 saturated heterocycles. The van der Waals surface area contributed by atoms with Crippen LogP contribution in [0.25, 0.3) is 0 Å². The Morgan fingerprint density at radius 3 is 2.70 bits per heavy atom. The Morgan fingerprint density at radius 2 is 1.90 bits per heavy atom. The van der Waals surface area contributed by atoms with E-state index >= 15 is 0 Å². The Balaban J connectivity index is 2.00. The van der Waals surface area contributed by atoms with Gasteiger partial charge in [-0.25, -0.2) is 4.39 Å². The maximum Gasteiger partial charge on any atom is 0.127 e. The number of hydrogen-bond acceptors (Lipinski definition) is 2. The van der Waals surface area contributed by atoms with Crippen LogP contribution in [0.15, 0.2) is 45.3 Å². The van der Waals surface area contributed by atoms with E-state index in [1.54, 1.807) is 6.07 Å². The summed E-state index contributed by atoms with van der Waals surface area (Å²) in [7, 11) is 0. The van der Waals surface area contributed by atoms with Gasteiger partial charge in [0.2, 0.25) is 0 Å². The minimum atomic E-state index is -0.277. The summed E-state index contributed by atoms with van der Waals surface area (Å²) < 4.78 is 21.2. The standard InChI is InChI=1S/C15H12Br2FNO/c16-8-1-3-10-13(19)7-15(20-14(10)5-8)11-6-9(18)2-4-12(11)17/h1-6,13,15H,7,19H2/t13-,15?/m0/s1. The van der Waals surface area contributed by atoms with Gasteiger partial charge < -0.3 is 10.5 Å². The molecule has 0 saturated carbocycles. The molecule has 2 nitrogen and oxygen atoms in total. The SMILES string of the molecule is N[C@H]1CC(c2cc(F)ccc2Br)Oc2cc(Br)ccc21. The molecular weight excluding hydrogens is 389 g/mol. The number of nitrogens with two attached hydrogens (primary N) is 1. The van der Waals surface area contributed by atoms with E-state index in [9.17, 15) is 4.39 Å². The fourth-order valence-corrected chi connectivity index (χ4v) is 3.27. The first-order valence-corrected chi connectivity index (χ1v) is 7.80. The van der Waals surface area contributed by atoms with E-state index < -0.39 is 0 Å². The molecule has 1 heterocycles. The first-order valence-electron chi connectivity index (χ1n) is 6.21. The molecule has 1 unspecified atom stereocenters. The summed E-state index contributed by atoms with van der Waals surface area (Å²) in [5.41, 5.74) is 7.97. The molecule has 0 bridgehead atoms. The van der Waals surface area contributed by atoms with Crippen LogP contribution in [-0.2, 0) is 0 Å². The Hall–Kier alpha value is -0.910. The van der Waals surface area contributed by atoms with Gasteiger partial charge in [-0.2, -0.15) is 0 Å². The molecule has 2 N–H and O–H groups in total. The van der Waals surface area contributed by atoms with Gasteiger partial charge in [0.1, 0.15) is 17.7 Å². The topological polar surface area (TPSA) is 35.2 Å². The van der Waals surface area contributed by atoms with Gasteiger partial charge in [0.25, 0.3) is 0 Å². The second-order valence-corrected chi connectivity index (χ2v) is 6.57. The molecule has 5 heteroatoms. The second-order valence-electron chi connectivity index (χ2n) is 4.80. The summed E-state index contributed by atoms with van der Waals surface area (Å²) in [5.74, 6) is 0.472. The van der Waals surface area contributed by atoms with Crippen molar-refractivity contribution in [1.29, 1.82) is 0 Å². The van der Waals surface area contributed by atoms with Gasteiger partial charge >= 0.3 is 0 Å². The van der Waals surface area contributed by atoms with Crippen LogP contribution >= 0.6 is 31.9 Å². The van der Waals surface area contributed by atoms with Crippen molar-refractivity contribution in [3.05, 3.63) is 62.3 Å². The highest BCUT2D eigenvalue weighted by atomic mass is 79.9. The third-order valence-corrected chi connectivity index (χ3v) is 4.63. The monoisotopic (exact) mass is 399 g/mol. The largest absolute Gasteiger partial charge is 0.485 e. The smallest absolute Gasteiger partial charge is 0.127 e. The Labute approximate surface area is 133 Å². The number of rotatable bonds is 1. The van der Waals surface area contributed by atoms with Crippen molar-refractivity contribution in [3.63, 3.8) is 0 Å². The third kappa shape index (κ3) is 2.62. The molecule has 0 fully saturated rings. The van der Waals surface area contributed by atoms with Gasteiger partial charge in [-0.15, -0.1) is 0 Å². The van der Waals surface area contributed by atoms with Crippen LogP contribution in [0.4, 0.5) is 4.39 Å². The molecule has 2 aromatic carbocycles. The zero-order valence-corrected chi connectivity index (χ0v) is 13.6. The van der Waals surface area contributed by atoms with Crippen molar-refractivity contribution in [2.24, 2.45) is 5.73 Å². The molecule has 1 aliphatic rings. The molecule has 0 aliphatic carbocycles. The van der Waals surface area contributed by atoms with Gasteiger partial charge in [-0.3, -0.25) is 0 Å². The fourth-order valence-electron chi connectivity index (χ4n) is 2.43. The van der Waals surface area contributed by atoms with E-state index in [-0.39, 0.29) is 18.0 Å². The molecule has 3 rings (SSSR count). The predicted octanol–water partition coefficient (Wildman–Crippen LogP) is 4.87. The molecule has 1 aliphatic heterocycles. The van der Waals surface area contributed by atoms with Crippen molar-refractivity contribution in [2.75, 3.05) is 0 Å². The highest BCUT2D eigenvalue weighted by Gasteiger charge is 2.28. The van der Waals surface area contributed by atoms with Gasteiger partial charge in [-0.1, -0.05) is 37.9 Å². The lowest BCUT2D eigenvalue weighted by Gasteiger charge is -2.31. The summed E-state index contributed by atoms with van der Waals surface area (Å²) in [6, 6.07) is 10.3. The summed E-state index contributed by atoms with van der Waals surface area (Å²) in [6.45, 7) is 0. The molecule has 0 radical (unpaired) electrons. The molecule has 104 valence electrons. The van der Waals surface area contributed by atoms with Crippen LogP contribution in [0.1, 0.15) is 29.7 Å². The average molecular weight is 401 g/mol. The van der Waals surface area contributed by atoms with E-state index in [0.29, 0.717) is 6.42 Å². The maximum atomic E-state index is 13.4. The molecule has 0 aromatic heterocycles. The van der Waals surface area contributed by atoms with E-state index in [1.165, 1.54) is 12.1 Å². The summed E-state index contributed by atoms with van der Waals surface area (Å²) >= 11 is 6.87. The highest BCUT2D eigenvalue weighted by Crippen LogP contribution is 2.42. The lowest BCUT2D eigenvalue weighted by Crippen LogP contribution is -2.24. The predicted molar refractivity (Wildman–Crippen MR) is 83.2 cm³/mol. The summed E-state index contributed by atoms with van der Waals surface area (Å²) in [6.07, 6.45) is 0.369. The minimum absolute atomic E-state index is 0.119. The van der Waals surface area contributed by atoms with Crippen LogP contribution in [0.5, 0.6) is 5.75 Å². The number of benzene rings is 2. The zero-order valence-electron chi connectivity index (χ0n) is 10.4. The van der Waals surface area contributed by atoms with Crippen molar-refractivity contribution in [2.45, 2.75) is 18.6 Å². The number of halogens is 3. The number of hydrogen-bond donors (Lipinski definition) is 1. The summed E-state index contributed by atoms with van der Waals surface area (Å²) in [5, 5.41) is 0. The summed E-state index contributed by atoms with van der Waals surface area (Å²) in [4.78, 5) is 0. The zero-order chi connectivity index (χ0) is 14.3. The lowest BCUT2D eigenvalue weighted by molar-refractivity contribution is 0.160. The molecule has 20 heavy (non-hydrogen) atoms. The highest BCUT2D eigenvalue weighted by molar-refractivity contribution is 9.10. The molecule has 2 aromatic rings. The van der Waals surface area contributed by atoms with Crippen molar-refractivity contribution in [1.82, 2.24) is 0 Å². The molecular formula is C15H12Br2FNO. The average Bonchev–Trinajstić information content (AvgIpc) is 2.41. The normalized spacial score (nSPS) is 21.2. The number of ether oxygens (including phenoxy) is 1. The van der Waals surface area contributed by atoms with Crippen molar-refractivity contribution < 1.29 is 9.13 Å². The van der Waals surface area contributed by atoms with Crippen LogP contribution < -0.4 is 10.5 Å². The van der Waals surface area contributed by atoms with E-state index in [4.69, 9.17) is 10.5 Å². The van der Waals surface area contributed by atoms with Gasteiger partial charge in [-0.05, 0) is 30.3 Å². The van der Waals surface area contributed by atoms with E-state index in [1.807, 2.05) is 18.2 Å². The lowest BCUT2D eigenvalue weighted by atomic mass is 9.93. The van der Waals surface area contributed by atoms with E-state index in [2.05, 4.69) is 31.9 Å². The Morgan fingerprint density at radius 1 is 1.10 bits per heavy atom. The van der Waals surface area contributed by atoms with Gasteiger partial charge in [0.05, 0.1) is 0 Å². The van der Waals surface area contributed by atoms with Crippen molar-refractivity contribution in [3.8, 4) is 5.75 Å². The molecule has 0 spiro atoms. The van der Waals surface area contributed by atoms with Gasteiger partial charge in [0.15, 0.2) is 0 Å².